The molecule has 0 aliphatic heterocycles. The Bertz CT molecular complexity index is 816. The molecule has 0 aliphatic carbocycles. The van der Waals surface area contributed by atoms with E-state index in [1.807, 2.05) is 48.4 Å². The number of hydrogen-bond acceptors (Lipinski definition) is 2. The van der Waals surface area contributed by atoms with Crippen molar-refractivity contribution in [1.82, 2.24) is 14.3 Å². The quantitative estimate of drug-likeness (QED) is 0.739. The normalized spacial score (nSPS) is 10.8. The van der Waals surface area contributed by atoms with Crippen LogP contribution in [0.2, 0.25) is 0 Å². The topological polar surface area (TPSA) is 39.8 Å². The zero-order valence-electron chi connectivity index (χ0n) is 12.2. The van der Waals surface area contributed by atoms with Gasteiger partial charge in [-0.25, -0.2) is 0 Å². The van der Waals surface area contributed by atoms with Crippen LogP contribution < -0.4 is 5.56 Å². The Morgan fingerprint density at radius 2 is 1.90 bits per heavy atom. The van der Waals surface area contributed by atoms with Crippen molar-refractivity contribution >= 4 is 0 Å². The summed E-state index contributed by atoms with van der Waals surface area (Å²) < 4.78 is 3.51. The molecule has 0 saturated heterocycles. The Kier molecular flexibility index (Phi) is 3.44. The Balaban J connectivity index is 1.92. The number of aryl methyl sites for hydroxylation is 2. The van der Waals surface area contributed by atoms with Crippen molar-refractivity contribution in [2.45, 2.75) is 13.5 Å². The van der Waals surface area contributed by atoms with Gasteiger partial charge in [0.1, 0.15) is 0 Å². The van der Waals surface area contributed by atoms with E-state index in [9.17, 15) is 4.79 Å². The molecule has 4 heteroatoms. The lowest BCUT2D eigenvalue weighted by Gasteiger charge is -2.05. The second-order valence-corrected chi connectivity index (χ2v) is 5.23. The number of nitrogens with zero attached hydrogens (tertiary/aromatic N) is 3. The fraction of sp³-hybridized carbons (Fsp3) is 0.176. The smallest absolute Gasteiger partial charge is 0.250 e. The molecule has 1 aromatic carbocycles. The lowest BCUT2D eigenvalue weighted by Crippen LogP contribution is -2.15. The van der Waals surface area contributed by atoms with Gasteiger partial charge >= 0.3 is 0 Å². The van der Waals surface area contributed by atoms with Crippen LogP contribution in [-0.4, -0.2) is 14.3 Å². The van der Waals surface area contributed by atoms with E-state index in [2.05, 4.69) is 17.2 Å². The summed E-state index contributed by atoms with van der Waals surface area (Å²) in [6.07, 6.45) is 5.72. The monoisotopic (exact) mass is 279 g/mol. The van der Waals surface area contributed by atoms with E-state index in [1.165, 1.54) is 5.56 Å². The minimum absolute atomic E-state index is 0.00734. The van der Waals surface area contributed by atoms with Gasteiger partial charge in [0.25, 0.3) is 5.56 Å². The van der Waals surface area contributed by atoms with Crippen LogP contribution in [-0.2, 0) is 13.6 Å². The molecule has 106 valence electrons. The minimum Gasteiger partial charge on any atom is -0.318 e. The largest absolute Gasteiger partial charge is 0.318 e. The van der Waals surface area contributed by atoms with Crippen LogP contribution in [0, 0.1) is 6.92 Å². The molecule has 0 fully saturated rings. The summed E-state index contributed by atoms with van der Waals surface area (Å²) in [5.41, 5.74) is 4.25. The maximum absolute atomic E-state index is 11.6. The molecule has 4 nitrogen and oxygen atoms in total. The lowest BCUT2D eigenvalue weighted by molar-refractivity contribution is 0.687. The van der Waals surface area contributed by atoms with Gasteiger partial charge in [-0.2, -0.15) is 5.10 Å². The van der Waals surface area contributed by atoms with Crippen LogP contribution in [0.4, 0.5) is 0 Å². The van der Waals surface area contributed by atoms with E-state index in [0.717, 1.165) is 23.2 Å². The molecular formula is C17H17N3O. The molecule has 2 aromatic heterocycles. The second kappa shape index (κ2) is 5.40. The highest BCUT2D eigenvalue weighted by Crippen LogP contribution is 2.21. The molecule has 0 atom stereocenters. The predicted octanol–water partition coefficient (Wildman–Crippen LogP) is 2.61. The summed E-state index contributed by atoms with van der Waals surface area (Å²) in [4.78, 5) is 11.6. The van der Waals surface area contributed by atoms with E-state index < -0.39 is 0 Å². The fourth-order valence-electron chi connectivity index (χ4n) is 2.39. The van der Waals surface area contributed by atoms with Crippen molar-refractivity contribution in [3.63, 3.8) is 0 Å². The summed E-state index contributed by atoms with van der Waals surface area (Å²) in [5, 5.41) is 4.41. The Labute approximate surface area is 123 Å². The fourth-order valence-corrected chi connectivity index (χ4v) is 2.39. The van der Waals surface area contributed by atoms with Crippen LogP contribution >= 0.6 is 0 Å². The third kappa shape index (κ3) is 2.79. The number of benzene rings is 1. The second-order valence-electron chi connectivity index (χ2n) is 5.23. The van der Waals surface area contributed by atoms with Crippen LogP contribution in [0.1, 0.15) is 11.1 Å². The number of pyridine rings is 1. The highest BCUT2D eigenvalue weighted by molar-refractivity contribution is 5.64. The summed E-state index contributed by atoms with van der Waals surface area (Å²) >= 11 is 0. The third-order valence-electron chi connectivity index (χ3n) is 3.57. The Morgan fingerprint density at radius 3 is 2.67 bits per heavy atom. The molecule has 0 bridgehead atoms. The van der Waals surface area contributed by atoms with Gasteiger partial charge in [0.05, 0.1) is 12.7 Å². The van der Waals surface area contributed by atoms with Crippen molar-refractivity contribution in [1.29, 1.82) is 0 Å². The van der Waals surface area contributed by atoms with Crippen molar-refractivity contribution in [2.24, 2.45) is 7.05 Å². The van der Waals surface area contributed by atoms with Gasteiger partial charge in [-0.15, -0.1) is 0 Å². The SMILES string of the molecule is Cc1cc(=O)n(C)cc1-c1cnn(Cc2ccccc2)c1. The molecule has 3 aromatic rings. The van der Waals surface area contributed by atoms with Crippen molar-refractivity contribution in [2.75, 3.05) is 0 Å². The maximum atomic E-state index is 11.6. The number of aromatic nitrogens is 3. The standard InChI is InChI=1S/C17H17N3O/c1-13-8-17(21)19(2)12-16(13)15-9-18-20(11-15)10-14-6-4-3-5-7-14/h3-9,11-12H,10H2,1-2H3. The number of rotatable bonds is 3. The van der Waals surface area contributed by atoms with Gasteiger partial charge in [-0.3, -0.25) is 9.48 Å². The zero-order chi connectivity index (χ0) is 14.8. The van der Waals surface area contributed by atoms with Gasteiger partial charge in [-0.1, -0.05) is 30.3 Å². The summed E-state index contributed by atoms with van der Waals surface area (Å²) in [7, 11) is 1.76. The molecule has 0 amide bonds. The van der Waals surface area contributed by atoms with Gasteiger partial charge in [0, 0.05) is 36.6 Å². The van der Waals surface area contributed by atoms with Crippen LogP contribution in [0.5, 0.6) is 0 Å². The molecule has 3 rings (SSSR count). The molecule has 0 spiro atoms. The van der Waals surface area contributed by atoms with E-state index in [-0.39, 0.29) is 5.56 Å². The van der Waals surface area contributed by atoms with Gasteiger partial charge in [-0.05, 0) is 18.1 Å². The molecule has 2 heterocycles. The molecule has 0 saturated carbocycles. The van der Waals surface area contributed by atoms with Gasteiger partial charge < -0.3 is 4.57 Å². The summed E-state index contributed by atoms with van der Waals surface area (Å²) in [6.45, 7) is 2.69. The first kappa shape index (κ1) is 13.4. The third-order valence-corrected chi connectivity index (χ3v) is 3.57. The highest BCUT2D eigenvalue weighted by Gasteiger charge is 2.07. The van der Waals surface area contributed by atoms with Crippen LogP contribution in [0.25, 0.3) is 11.1 Å². The number of hydrogen-bond donors (Lipinski definition) is 0. The van der Waals surface area contributed by atoms with Gasteiger partial charge in [0.15, 0.2) is 0 Å². The molecule has 21 heavy (non-hydrogen) atoms. The average molecular weight is 279 g/mol. The van der Waals surface area contributed by atoms with Crippen LogP contribution in [0.15, 0.2) is 59.8 Å². The van der Waals surface area contributed by atoms with Crippen LogP contribution in [0.3, 0.4) is 0 Å². The molecule has 0 radical (unpaired) electrons. The molecule has 0 unspecified atom stereocenters. The minimum atomic E-state index is 0.00734. The summed E-state index contributed by atoms with van der Waals surface area (Å²) in [6, 6.07) is 11.9. The molecule has 0 aliphatic rings. The van der Waals surface area contributed by atoms with Crippen molar-refractivity contribution in [3.8, 4) is 11.1 Å². The van der Waals surface area contributed by atoms with E-state index in [0.29, 0.717) is 0 Å². The Hall–Kier alpha value is -2.62. The van der Waals surface area contributed by atoms with Crippen molar-refractivity contribution < 1.29 is 0 Å². The predicted molar refractivity (Wildman–Crippen MR) is 83.2 cm³/mol. The molecular weight excluding hydrogens is 262 g/mol. The average Bonchev–Trinajstić information content (AvgIpc) is 2.92. The molecule has 0 N–H and O–H groups in total. The summed E-state index contributed by atoms with van der Waals surface area (Å²) in [5.74, 6) is 0. The van der Waals surface area contributed by atoms with Crippen molar-refractivity contribution in [3.05, 3.63) is 76.5 Å². The maximum Gasteiger partial charge on any atom is 0.250 e. The lowest BCUT2D eigenvalue weighted by atomic mass is 10.1. The first-order valence-corrected chi connectivity index (χ1v) is 6.87. The van der Waals surface area contributed by atoms with E-state index in [4.69, 9.17) is 0 Å². The zero-order valence-corrected chi connectivity index (χ0v) is 12.2. The van der Waals surface area contributed by atoms with Gasteiger partial charge in [0.2, 0.25) is 0 Å². The van der Waals surface area contributed by atoms with E-state index in [1.54, 1.807) is 17.7 Å². The first-order valence-electron chi connectivity index (χ1n) is 6.87. The highest BCUT2D eigenvalue weighted by atomic mass is 16.1. The Morgan fingerprint density at radius 1 is 1.14 bits per heavy atom. The first-order chi connectivity index (χ1) is 10.1. The van der Waals surface area contributed by atoms with E-state index >= 15 is 0 Å².